The lowest BCUT2D eigenvalue weighted by Crippen LogP contribution is -2.29. The Bertz CT molecular complexity index is 924. The summed E-state index contributed by atoms with van der Waals surface area (Å²) >= 11 is 9.20. The van der Waals surface area contributed by atoms with E-state index in [0.29, 0.717) is 10.2 Å². The fourth-order valence-corrected chi connectivity index (χ4v) is 4.07. The average molecular weight is 464 g/mol. The zero-order chi connectivity index (χ0) is 19.3. The minimum atomic E-state index is -4.10. The molecule has 2 aromatic rings. The van der Waals surface area contributed by atoms with Crippen LogP contribution in [0.25, 0.3) is 0 Å². The van der Waals surface area contributed by atoms with E-state index in [0.717, 1.165) is 0 Å². The summed E-state index contributed by atoms with van der Waals surface area (Å²) in [5, 5.41) is 15.1. The molecule has 0 heterocycles. The second-order valence-electron chi connectivity index (χ2n) is 5.02. The quantitative estimate of drug-likeness (QED) is 0.420. The lowest BCUT2D eigenvalue weighted by atomic mass is 10.3. The molecule has 0 aliphatic heterocycles. The summed E-state index contributed by atoms with van der Waals surface area (Å²) in [5.74, 6) is -0.677. The Balaban J connectivity index is 2.27. The van der Waals surface area contributed by atoms with Crippen molar-refractivity contribution in [3.63, 3.8) is 0 Å². The molecule has 0 saturated carbocycles. The minimum Gasteiger partial charge on any atom is -0.504 e. The van der Waals surface area contributed by atoms with Gasteiger partial charge in [0.1, 0.15) is 4.90 Å². The number of rotatable bonds is 6. The van der Waals surface area contributed by atoms with Crippen molar-refractivity contribution in [1.82, 2.24) is 4.72 Å². The molecule has 0 spiro atoms. The molecule has 0 aromatic heterocycles. The van der Waals surface area contributed by atoms with Gasteiger partial charge in [-0.15, -0.1) is 0 Å². The Labute approximate surface area is 163 Å². The average Bonchev–Trinajstić information content (AvgIpc) is 2.57. The maximum absolute atomic E-state index is 12.3. The van der Waals surface area contributed by atoms with Crippen LogP contribution in [-0.2, 0) is 10.0 Å². The highest BCUT2D eigenvalue weighted by Crippen LogP contribution is 2.36. The van der Waals surface area contributed by atoms with Crippen LogP contribution >= 0.6 is 27.5 Å². The lowest BCUT2D eigenvalue weighted by molar-refractivity contribution is 0.262. The molecule has 6 N–H and O–H groups in total. The molecular formula is C15H16BrClN4O4S. The van der Waals surface area contributed by atoms with Crippen LogP contribution in [0.1, 0.15) is 0 Å². The minimum absolute atomic E-state index is 0.0295. The molecule has 2 aromatic carbocycles. The van der Waals surface area contributed by atoms with Gasteiger partial charge in [-0.25, -0.2) is 17.9 Å². The van der Waals surface area contributed by atoms with Crippen molar-refractivity contribution in [1.29, 1.82) is 0 Å². The van der Waals surface area contributed by atoms with Crippen molar-refractivity contribution in [3.05, 3.63) is 45.9 Å². The fraction of sp³-hybridized carbons (Fsp3) is 0.133. The highest BCUT2D eigenvalue weighted by atomic mass is 79.9. The fourth-order valence-electron chi connectivity index (χ4n) is 2.01. The van der Waals surface area contributed by atoms with Gasteiger partial charge in [0.05, 0.1) is 16.4 Å². The van der Waals surface area contributed by atoms with E-state index in [2.05, 4.69) is 31.3 Å². The van der Waals surface area contributed by atoms with Crippen LogP contribution in [0.2, 0.25) is 5.02 Å². The van der Waals surface area contributed by atoms with Gasteiger partial charge >= 0.3 is 6.03 Å². The number of carbonyl (C=O) groups excluding carboxylic acids is 1. The molecule has 2 amide bonds. The Hall–Kier alpha value is -1.85. The monoisotopic (exact) mass is 462 g/mol. The highest BCUT2D eigenvalue weighted by Gasteiger charge is 2.25. The van der Waals surface area contributed by atoms with Crippen LogP contribution in [0.15, 0.2) is 45.8 Å². The number of phenolic OH excluding ortho intramolecular Hbond substituents is 1. The number of carbonyl (C=O) groups is 1. The van der Waals surface area contributed by atoms with Crippen molar-refractivity contribution in [3.8, 4) is 5.75 Å². The van der Waals surface area contributed by atoms with E-state index in [9.17, 15) is 18.3 Å². The smallest absolute Gasteiger partial charge is 0.323 e. The Morgan fingerprint density at radius 2 is 1.81 bits per heavy atom. The van der Waals surface area contributed by atoms with Crippen molar-refractivity contribution >= 4 is 55.0 Å². The number of urea groups is 1. The second-order valence-corrected chi connectivity index (χ2v) is 7.98. The van der Waals surface area contributed by atoms with Gasteiger partial charge in [0.25, 0.3) is 0 Å². The summed E-state index contributed by atoms with van der Waals surface area (Å²) in [6, 6.07) is 8.79. The number of nitrogens with two attached hydrogens (primary N) is 1. The molecule has 140 valence electrons. The van der Waals surface area contributed by atoms with Gasteiger partial charge in [0.15, 0.2) is 5.75 Å². The molecule has 0 radical (unpaired) electrons. The molecular weight excluding hydrogens is 448 g/mol. The van der Waals surface area contributed by atoms with Gasteiger partial charge in [0, 0.05) is 17.6 Å². The number of halogens is 2. The van der Waals surface area contributed by atoms with Crippen LogP contribution in [0.3, 0.4) is 0 Å². The topological polar surface area (TPSA) is 134 Å². The number of hydrogen-bond donors (Lipinski definition) is 5. The normalized spacial score (nSPS) is 11.2. The summed E-state index contributed by atoms with van der Waals surface area (Å²) in [6.45, 7) is 0.0438. The lowest BCUT2D eigenvalue weighted by Gasteiger charge is -2.14. The summed E-state index contributed by atoms with van der Waals surface area (Å²) in [5.41, 5.74) is 5.66. The summed E-state index contributed by atoms with van der Waals surface area (Å²) in [7, 11) is -4.10. The third-order valence-electron chi connectivity index (χ3n) is 3.16. The number of aromatic hydroxyl groups is 1. The molecule has 0 aliphatic rings. The first-order chi connectivity index (χ1) is 12.3. The number of anilines is 2. The molecule has 0 unspecified atom stereocenters. The maximum atomic E-state index is 12.3. The maximum Gasteiger partial charge on any atom is 0.323 e. The molecule has 11 heteroatoms. The highest BCUT2D eigenvalue weighted by molar-refractivity contribution is 9.10. The molecule has 0 aliphatic carbocycles. The zero-order valence-corrected chi connectivity index (χ0v) is 16.5. The predicted octanol–water partition coefficient (Wildman–Crippen LogP) is 2.69. The van der Waals surface area contributed by atoms with Crippen LogP contribution in [0, 0.1) is 0 Å². The molecule has 2 rings (SSSR count). The van der Waals surface area contributed by atoms with Gasteiger partial charge < -0.3 is 21.5 Å². The molecule has 0 atom stereocenters. The first kappa shape index (κ1) is 20.5. The van der Waals surface area contributed by atoms with Crippen LogP contribution in [0.5, 0.6) is 5.75 Å². The van der Waals surface area contributed by atoms with E-state index in [4.69, 9.17) is 17.3 Å². The van der Waals surface area contributed by atoms with Crippen LogP contribution in [-0.4, -0.2) is 32.6 Å². The molecule has 26 heavy (non-hydrogen) atoms. The number of amides is 2. The first-order valence-corrected chi connectivity index (χ1v) is 9.95. The largest absolute Gasteiger partial charge is 0.504 e. The molecule has 0 saturated heterocycles. The summed E-state index contributed by atoms with van der Waals surface area (Å²) in [6.07, 6.45) is 0. The van der Waals surface area contributed by atoms with E-state index in [1.54, 1.807) is 24.3 Å². The van der Waals surface area contributed by atoms with Crippen molar-refractivity contribution in [2.24, 2.45) is 5.73 Å². The molecule has 0 bridgehead atoms. The SMILES string of the molecule is NCCNS(=O)(=O)c1c(Cl)ccc(NC(=O)Nc2ccccc2Br)c1O. The van der Waals surface area contributed by atoms with Gasteiger partial charge in [-0.2, -0.15) is 0 Å². The number of phenols is 1. The third kappa shape index (κ3) is 4.86. The van der Waals surface area contributed by atoms with Crippen LogP contribution in [0.4, 0.5) is 16.2 Å². The van der Waals surface area contributed by atoms with Gasteiger partial charge in [0.2, 0.25) is 10.0 Å². The predicted molar refractivity (Wildman–Crippen MR) is 104 cm³/mol. The Morgan fingerprint density at radius 1 is 1.15 bits per heavy atom. The van der Waals surface area contributed by atoms with Crippen molar-refractivity contribution in [2.45, 2.75) is 4.90 Å². The van der Waals surface area contributed by atoms with E-state index in [1.807, 2.05) is 0 Å². The standard InChI is InChI=1S/C15H16BrClN4O4S/c16-9-3-1-2-4-11(9)20-15(23)21-12-6-5-10(17)14(13(12)22)26(24,25)19-8-7-18/h1-6,19,22H,7-8,18H2,(H2,20,21,23). The number of sulfonamides is 1. The first-order valence-electron chi connectivity index (χ1n) is 7.30. The van der Waals surface area contributed by atoms with Crippen molar-refractivity contribution < 1.29 is 18.3 Å². The summed E-state index contributed by atoms with van der Waals surface area (Å²) in [4.78, 5) is 11.6. The zero-order valence-electron chi connectivity index (χ0n) is 13.3. The second kappa shape index (κ2) is 8.69. The van der Waals surface area contributed by atoms with E-state index < -0.39 is 26.7 Å². The number of nitrogens with one attached hydrogen (secondary N) is 3. The van der Waals surface area contributed by atoms with Gasteiger partial charge in [-0.1, -0.05) is 23.7 Å². The Morgan fingerprint density at radius 3 is 2.46 bits per heavy atom. The van der Waals surface area contributed by atoms with E-state index >= 15 is 0 Å². The molecule has 8 nitrogen and oxygen atoms in total. The van der Waals surface area contributed by atoms with Crippen molar-refractivity contribution in [2.75, 3.05) is 23.7 Å². The van der Waals surface area contributed by atoms with E-state index in [-0.39, 0.29) is 23.8 Å². The van der Waals surface area contributed by atoms with Crippen LogP contribution < -0.4 is 21.1 Å². The van der Waals surface area contributed by atoms with Gasteiger partial charge in [-0.05, 0) is 40.2 Å². The molecule has 0 fully saturated rings. The summed E-state index contributed by atoms with van der Waals surface area (Å²) < 4.78 is 27.4. The third-order valence-corrected chi connectivity index (χ3v) is 5.81. The van der Waals surface area contributed by atoms with E-state index in [1.165, 1.54) is 12.1 Å². The number of benzene rings is 2. The number of hydrogen-bond acceptors (Lipinski definition) is 5. The Kier molecular flexibility index (Phi) is 6.84. The van der Waals surface area contributed by atoms with Gasteiger partial charge in [-0.3, -0.25) is 0 Å². The number of para-hydroxylation sites is 1.